The Bertz CT molecular complexity index is 803. The quantitative estimate of drug-likeness (QED) is 0.701. The first-order chi connectivity index (χ1) is 10.3. The van der Waals surface area contributed by atoms with Crippen LogP contribution in [0, 0.1) is 11.3 Å². The molecular formula is C14H12N4OS2. The summed E-state index contributed by atoms with van der Waals surface area (Å²) < 4.78 is 9.42. The van der Waals surface area contributed by atoms with Gasteiger partial charge >= 0.3 is 0 Å². The van der Waals surface area contributed by atoms with E-state index in [4.69, 9.17) is 10.00 Å². The number of methoxy groups -OCH3 is 1. The molecule has 21 heavy (non-hydrogen) atoms. The second kappa shape index (κ2) is 6.18. The maximum atomic E-state index is 9.06. The minimum atomic E-state index is 0.531. The lowest BCUT2D eigenvalue weighted by atomic mass is 10.2. The third-order valence-corrected chi connectivity index (χ3v) is 4.79. The summed E-state index contributed by atoms with van der Waals surface area (Å²) in [5.41, 5.74) is 2.53. The molecule has 0 aliphatic heterocycles. The second-order valence-electron chi connectivity index (χ2n) is 4.25. The lowest BCUT2D eigenvalue weighted by Crippen LogP contribution is -1.86. The monoisotopic (exact) mass is 316 g/mol. The van der Waals surface area contributed by atoms with Crippen LogP contribution < -0.4 is 4.72 Å². The van der Waals surface area contributed by atoms with E-state index in [2.05, 4.69) is 20.8 Å². The number of para-hydroxylation sites is 1. The van der Waals surface area contributed by atoms with Gasteiger partial charge in [0.25, 0.3) is 0 Å². The smallest absolute Gasteiger partial charge is 0.119 e. The van der Waals surface area contributed by atoms with E-state index in [1.165, 1.54) is 11.9 Å². The van der Waals surface area contributed by atoms with Gasteiger partial charge in [-0.3, -0.25) is 0 Å². The van der Waals surface area contributed by atoms with Crippen LogP contribution in [-0.2, 0) is 11.3 Å². The molecule has 3 rings (SSSR count). The highest BCUT2D eigenvalue weighted by Gasteiger charge is 2.08. The number of H-pyrrole nitrogens is 1. The molecule has 5 nitrogen and oxygen atoms in total. The van der Waals surface area contributed by atoms with Gasteiger partial charge in [-0.2, -0.15) is 5.26 Å². The summed E-state index contributed by atoms with van der Waals surface area (Å²) in [6, 6.07) is 8.02. The van der Waals surface area contributed by atoms with Crippen LogP contribution >= 0.6 is 23.3 Å². The lowest BCUT2D eigenvalue weighted by molar-refractivity contribution is 0.184. The molecule has 2 N–H and O–H groups in total. The summed E-state index contributed by atoms with van der Waals surface area (Å²) in [6.45, 7) is 0.531. The molecule has 0 amide bonds. The number of rotatable bonds is 5. The standard InChI is InChI=1S/C14H12N4OS2/c1-19-8-12-16-7-13(20-12)21-18-11-4-2-3-10-9(5-15)6-17-14(10)11/h2-4,6-7,17-18H,8H2,1H3. The van der Waals surface area contributed by atoms with E-state index in [0.29, 0.717) is 12.2 Å². The van der Waals surface area contributed by atoms with Gasteiger partial charge in [-0.25, -0.2) is 4.98 Å². The summed E-state index contributed by atoms with van der Waals surface area (Å²) in [4.78, 5) is 7.42. The van der Waals surface area contributed by atoms with Gasteiger partial charge in [0.1, 0.15) is 15.3 Å². The second-order valence-corrected chi connectivity index (χ2v) is 6.47. The molecule has 0 fully saturated rings. The first-order valence-electron chi connectivity index (χ1n) is 6.18. The fourth-order valence-corrected chi connectivity index (χ4v) is 3.65. The molecule has 0 bridgehead atoms. The largest absolute Gasteiger partial charge is 0.378 e. The summed E-state index contributed by atoms with van der Waals surface area (Å²) in [5, 5.41) is 10.9. The van der Waals surface area contributed by atoms with Crippen molar-refractivity contribution in [1.82, 2.24) is 9.97 Å². The molecule has 0 saturated carbocycles. The zero-order valence-corrected chi connectivity index (χ0v) is 12.8. The van der Waals surface area contributed by atoms with E-state index in [0.717, 1.165) is 25.8 Å². The average Bonchev–Trinajstić information content (AvgIpc) is 3.12. The first kappa shape index (κ1) is 13.9. The predicted octanol–water partition coefficient (Wildman–Crippen LogP) is 3.76. The number of fused-ring (bicyclic) bond motifs is 1. The highest BCUT2D eigenvalue weighted by molar-refractivity contribution is 8.02. The minimum absolute atomic E-state index is 0.531. The van der Waals surface area contributed by atoms with Gasteiger partial charge in [0.05, 0.1) is 29.6 Å². The van der Waals surface area contributed by atoms with Gasteiger partial charge in [-0.1, -0.05) is 12.1 Å². The summed E-state index contributed by atoms with van der Waals surface area (Å²) >= 11 is 3.09. The van der Waals surface area contributed by atoms with Gasteiger partial charge in [-0.15, -0.1) is 11.3 Å². The Morgan fingerprint density at radius 1 is 1.52 bits per heavy atom. The molecule has 0 aliphatic rings. The van der Waals surface area contributed by atoms with Crippen molar-refractivity contribution < 1.29 is 4.74 Å². The van der Waals surface area contributed by atoms with Crippen LogP contribution in [0.1, 0.15) is 10.6 Å². The van der Waals surface area contributed by atoms with Gasteiger partial charge in [0.15, 0.2) is 0 Å². The molecule has 0 atom stereocenters. The van der Waals surface area contributed by atoms with Crippen LogP contribution in [0.15, 0.2) is 34.8 Å². The SMILES string of the molecule is COCc1ncc(SNc2cccc3c(C#N)c[nH]c23)s1. The number of nitrogens with zero attached hydrogens (tertiary/aromatic N) is 2. The number of nitriles is 1. The number of aromatic amines is 1. The third-order valence-electron chi connectivity index (χ3n) is 2.90. The molecule has 0 aliphatic carbocycles. The van der Waals surface area contributed by atoms with Crippen molar-refractivity contribution >= 4 is 39.9 Å². The topological polar surface area (TPSA) is 73.7 Å². The summed E-state index contributed by atoms with van der Waals surface area (Å²) in [6.07, 6.45) is 3.55. The molecule has 3 aromatic rings. The highest BCUT2D eigenvalue weighted by Crippen LogP contribution is 2.31. The molecule has 0 spiro atoms. The van der Waals surface area contributed by atoms with Crippen LogP contribution in [-0.4, -0.2) is 17.1 Å². The van der Waals surface area contributed by atoms with Crippen molar-refractivity contribution in [2.24, 2.45) is 0 Å². The molecule has 0 radical (unpaired) electrons. The molecule has 2 heterocycles. The maximum absolute atomic E-state index is 9.06. The Hall–Kier alpha value is -2.01. The van der Waals surface area contributed by atoms with E-state index in [1.807, 2.05) is 24.4 Å². The fraction of sp³-hybridized carbons (Fsp3) is 0.143. The van der Waals surface area contributed by atoms with Crippen molar-refractivity contribution in [3.05, 3.63) is 41.2 Å². The number of anilines is 1. The molecule has 0 unspecified atom stereocenters. The molecule has 1 aromatic carbocycles. The zero-order chi connectivity index (χ0) is 14.7. The number of hydrogen-bond acceptors (Lipinski definition) is 6. The van der Waals surface area contributed by atoms with Crippen LogP contribution in [0.25, 0.3) is 10.9 Å². The van der Waals surface area contributed by atoms with Crippen LogP contribution in [0.2, 0.25) is 0 Å². The maximum Gasteiger partial charge on any atom is 0.119 e. The van der Waals surface area contributed by atoms with E-state index in [1.54, 1.807) is 24.6 Å². The van der Waals surface area contributed by atoms with Gasteiger partial charge in [-0.05, 0) is 18.0 Å². The van der Waals surface area contributed by atoms with Crippen LogP contribution in [0.3, 0.4) is 0 Å². The Morgan fingerprint density at radius 2 is 2.43 bits per heavy atom. The summed E-state index contributed by atoms with van der Waals surface area (Å²) in [7, 11) is 1.66. The molecule has 7 heteroatoms. The van der Waals surface area contributed by atoms with Gasteiger partial charge in [0, 0.05) is 18.7 Å². The van der Waals surface area contributed by atoms with Crippen LogP contribution in [0.5, 0.6) is 0 Å². The van der Waals surface area contributed by atoms with E-state index < -0.39 is 0 Å². The Morgan fingerprint density at radius 3 is 3.24 bits per heavy atom. The molecule has 0 saturated heterocycles. The predicted molar refractivity (Wildman–Crippen MR) is 85.3 cm³/mol. The number of benzene rings is 1. The first-order valence-corrected chi connectivity index (χ1v) is 7.82. The van der Waals surface area contributed by atoms with Crippen molar-refractivity contribution in [3.8, 4) is 6.07 Å². The number of nitrogens with one attached hydrogen (secondary N) is 2. The fourth-order valence-electron chi connectivity index (χ4n) is 1.97. The van der Waals surface area contributed by atoms with E-state index in [-0.39, 0.29) is 0 Å². The van der Waals surface area contributed by atoms with Gasteiger partial charge in [0.2, 0.25) is 0 Å². The highest BCUT2D eigenvalue weighted by atomic mass is 32.2. The normalized spacial score (nSPS) is 10.7. The zero-order valence-electron chi connectivity index (χ0n) is 11.2. The van der Waals surface area contributed by atoms with E-state index >= 15 is 0 Å². The lowest BCUT2D eigenvalue weighted by Gasteiger charge is -2.04. The minimum Gasteiger partial charge on any atom is -0.378 e. The Balaban J connectivity index is 1.78. The average molecular weight is 316 g/mol. The van der Waals surface area contributed by atoms with Crippen molar-refractivity contribution in [3.63, 3.8) is 0 Å². The van der Waals surface area contributed by atoms with Crippen molar-refractivity contribution in [2.45, 2.75) is 10.8 Å². The third kappa shape index (κ3) is 2.88. The summed E-state index contributed by atoms with van der Waals surface area (Å²) in [5.74, 6) is 0. The molecular weight excluding hydrogens is 304 g/mol. The number of thiazole rings is 1. The molecule has 106 valence electrons. The van der Waals surface area contributed by atoms with Crippen molar-refractivity contribution in [1.29, 1.82) is 5.26 Å². The molecule has 2 aromatic heterocycles. The van der Waals surface area contributed by atoms with Gasteiger partial charge < -0.3 is 14.4 Å². The number of aromatic nitrogens is 2. The number of hydrogen-bond donors (Lipinski definition) is 2. The Kier molecular flexibility index (Phi) is 4.10. The van der Waals surface area contributed by atoms with Crippen LogP contribution in [0.4, 0.5) is 5.69 Å². The van der Waals surface area contributed by atoms with E-state index in [9.17, 15) is 0 Å². The number of ether oxygens (including phenoxy) is 1. The van der Waals surface area contributed by atoms with Crippen molar-refractivity contribution in [2.75, 3.05) is 11.8 Å². The Labute approximate surface area is 130 Å².